The highest BCUT2D eigenvalue weighted by Gasteiger charge is 2.08. The molecule has 0 spiro atoms. The highest BCUT2D eigenvalue weighted by molar-refractivity contribution is 7.15. The summed E-state index contributed by atoms with van der Waals surface area (Å²) in [6.07, 6.45) is 0. The molecule has 0 nitrogen and oxygen atoms in total. The van der Waals surface area contributed by atoms with Crippen LogP contribution in [0.15, 0.2) is 30.3 Å². The molecule has 2 rings (SSSR count). The topological polar surface area (TPSA) is 0 Å². The Balaban J connectivity index is 2.42. The van der Waals surface area contributed by atoms with Crippen molar-refractivity contribution in [2.75, 3.05) is 0 Å². The molecular weight excluding hydrogens is 219 g/mol. The molecule has 0 unspecified atom stereocenters. The average Bonchev–Trinajstić information content (AvgIpc) is 2.66. The molecule has 0 radical (unpaired) electrons. The summed E-state index contributed by atoms with van der Waals surface area (Å²) in [5, 5.41) is 0. The number of rotatable bonds is 2. The number of hydrogen-bond donors (Lipinski definition) is 0. The molecule has 0 aliphatic rings. The van der Waals surface area contributed by atoms with Gasteiger partial charge in [-0.25, -0.2) is 4.39 Å². The van der Waals surface area contributed by atoms with Gasteiger partial charge < -0.3 is 0 Å². The smallest absolute Gasteiger partial charge is 0.123 e. The second-order valence-electron chi connectivity index (χ2n) is 4.32. The number of hydrogen-bond acceptors (Lipinski definition) is 1. The van der Waals surface area contributed by atoms with Crippen molar-refractivity contribution in [3.8, 4) is 10.4 Å². The SMILES string of the molecule is Cc1cc(F)ccc1-c1ccc(C(C)C)s1. The molecule has 0 atom stereocenters. The maximum atomic E-state index is 13.0. The van der Waals surface area contributed by atoms with E-state index in [1.807, 2.05) is 13.0 Å². The van der Waals surface area contributed by atoms with Crippen LogP contribution in [0.25, 0.3) is 10.4 Å². The standard InChI is InChI=1S/C14H15FS/c1-9(2)13-6-7-14(16-13)12-5-4-11(15)8-10(12)3/h4-9H,1-3H3. The van der Waals surface area contributed by atoms with Crippen molar-refractivity contribution in [1.82, 2.24) is 0 Å². The van der Waals surface area contributed by atoms with Gasteiger partial charge in [-0.15, -0.1) is 11.3 Å². The fourth-order valence-corrected chi connectivity index (χ4v) is 2.81. The lowest BCUT2D eigenvalue weighted by molar-refractivity contribution is 0.627. The minimum atomic E-state index is -0.165. The average molecular weight is 234 g/mol. The second-order valence-corrected chi connectivity index (χ2v) is 5.43. The molecule has 0 saturated heterocycles. The Morgan fingerprint density at radius 2 is 1.88 bits per heavy atom. The van der Waals surface area contributed by atoms with Crippen LogP contribution in [0, 0.1) is 12.7 Å². The fourth-order valence-electron chi connectivity index (χ4n) is 1.71. The van der Waals surface area contributed by atoms with E-state index in [2.05, 4.69) is 26.0 Å². The van der Waals surface area contributed by atoms with Gasteiger partial charge in [0.2, 0.25) is 0 Å². The molecule has 0 N–H and O–H groups in total. The van der Waals surface area contributed by atoms with Crippen LogP contribution in [0.3, 0.4) is 0 Å². The monoisotopic (exact) mass is 234 g/mol. The molecule has 16 heavy (non-hydrogen) atoms. The van der Waals surface area contributed by atoms with E-state index in [1.54, 1.807) is 17.4 Å². The molecule has 2 aromatic rings. The normalized spacial score (nSPS) is 11.1. The first kappa shape index (κ1) is 11.3. The summed E-state index contributed by atoms with van der Waals surface area (Å²) in [5.74, 6) is 0.390. The lowest BCUT2D eigenvalue weighted by Crippen LogP contribution is -1.82. The van der Waals surface area contributed by atoms with E-state index in [-0.39, 0.29) is 5.82 Å². The van der Waals surface area contributed by atoms with Crippen molar-refractivity contribution >= 4 is 11.3 Å². The molecule has 1 aromatic carbocycles. The summed E-state index contributed by atoms with van der Waals surface area (Å²) in [6, 6.07) is 9.26. The molecule has 0 amide bonds. The highest BCUT2D eigenvalue weighted by Crippen LogP contribution is 2.33. The summed E-state index contributed by atoms with van der Waals surface area (Å²) >= 11 is 1.79. The first-order valence-electron chi connectivity index (χ1n) is 5.44. The van der Waals surface area contributed by atoms with Crippen molar-refractivity contribution in [2.24, 2.45) is 0 Å². The van der Waals surface area contributed by atoms with Gasteiger partial charge in [0, 0.05) is 9.75 Å². The Hall–Kier alpha value is -1.15. The first-order valence-corrected chi connectivity index (χ1v) is 6.26. The molecule has 1 aromatic heterocycles. The van der Waals surface area contributed by atoms with Crippen LogP contribution < -0.4 is 0 Å². The van der Waals surface area contributed by atoms with Crippen molar-refractivity contribution in [3.05, 3.63) is 46.6 Å². The van der Waals surface area contributed by atoms with Crippen LogP contribution >= 0.6 is 11.3 Å². The van der Waals surface area contributed by atoms with Gasteiger partial charge in [0.05, 0.1) is 0 Å². The van der Waals surface area contributed by atoms with E-state index >= 15 is 0 Å². The molecule has 2 heteroatoms. The molecule has 0 saturated carbocycles. The molecule has 84 valence electrons. The van der Waals surface area contributed by atoms with Crippen LogP contribution in [0.2, 0.25) is 0 Å². The number of benzene rings is 1. The van der Waals surface area contributed by atoms with Crippen LogP contribution in [0.4, 0.5) is 4.39 Å². The molecular formula is C14H15FS. The lowest BCUT2D eigenvalue weighted by atomic mass is 10.1. The van der Waals surface area contributed by atoms with Gasteiger partial charge in [-0.2, -0.15) is 0 Å². The van der Waals surface area contributed by atoms with Gasteiger partial charge >= 0.3 is 0 Å². The summed E-state index contributed by atoms with van der Waals surface area (Å²) in [5.41, 5.74) is 2.13. The summed E-state index contributed by atoms with van der Waals surface area (Å²) in [7, 11) is 0. The second kappa shape index (κ2) is 4.38. The molecule has 1 heterocycles. The minimum absolute atomic E-state index is 0.165. The molecule has 0 aliphatic heterocycles. The minimum Gasteiger partial charge on any atom is -0.207 e. The number of thiophene rings is 1. The van der Waals surface area contributed by atoms with Crippen LogP contribution in [0.1, 0.15) is 30.2 Å². The first-order chi connectivity index (χ1) is 7.58. The molecule has 0 aliphatic carbocycles. The van der Waals surface area contributed by atoms with E-state index in [0.717, 1.165) is 11.1 Å². The highest BCUT2D eigenvalue weighted by atomic mass is 32.1. The third kappa shape index (κ3) is 2.17. The van der Waals surface area contributed by atoms with Crippen LogP contribution in [-0.2, 0) is 0 Å². The summed E-state index contributed by atoms with van der Waals surface area (Å²) < 4.78 is 13.0. The van der Waals surface area contributed by atoms with Gasteiger partial charge in [-0.3, -0.25) is 0 Å². The molecule has 0 bridgehead atoms. The van der Waals surface area contributed by atoms with Crippen LogP contribution in [0.5, 0.6) is 0 Å². The quantitative estimate of drug-likeness (QED) is 0.687. The lowest BCUT2D eigenvalue weighted by Gasteiger charge is -2.03. The van der Waals surface area contributed by atoms with Crippen molar-refractivity contribution < 1.29 is 4.39 Å². The molecule has 0 fully saturated rings. The van der Waals surface area contributed by atoms with Crippen molar-refractivity contribution in [3.63, 3.8) is 0 Å². The van der Waals surface area contributed by atoms with E-state index in [0.29, 0.717) is 5.92 Å². The van der Waals surface area contributed by atoms with E-state index in [1.165, 1.54) is 15.8 Å². The third-order valence-corrected chi connectivity index (χ3v) is 4.07. The Morgan fingerprint density at radius 1 is 1.12 bits per heavy atom. The van der Waals surface area contributed by atoms with Crippen molar-refractivity contribution in [1.29, 1.82) is 0 Å². The van der Waals surface area contributed by atoms with Gasteiger partial charge in [0.1, 0.15) is 5.82 Å². The Morgan fingerprint density at radius 3 is 2.44 bits per heavy atom. The zero-order valence-electron chi connectivity index (χ0n) is 9.75. The predicted molar refractivity (Wildman–Crippen MR) is 68.5 cm³/mol. The Labute approximate surface area is 99.8 Å². The summed E-state index contributed by atoms with van der Waals surface area (Å²) in [6.45, 7) is 6.33. The van der Waals surface area contributed by atoms with E-state index in [9.17, 15) is 4.39 Å². The number of aryl methyl sites for hydroxylation is 1. The van der Waals surface area contributed by atoms with Gasteiger partial charge in [0.25, 0.3) is 0 Å². The van der Waals surface area contributed by atoms with Crippen molar-refractivity contribution in [2.45, 2.75) is 26.7 Å². The van der Waals surface area contributed by atoms with E-state index < -0.39 is 0 Å². The van der Waals surface area contributed by atoms with Gasteiger partial charge in [-0.1, -0.05) is 19.9 Å². The zero-order chi connectivity index (χ0) is 11.7. The van der Waals surface area contributed by atoms with Gasteiger partial charge in [-0.05, 0) is 48.2 Å². The Bertz CT molecular complexity index is 497. The van der Waals surface area contributed by atoms with E-state index in [4.69, 9.17) is 0 Å². The summed E-state index contributed by atoms with van der Waals surface area (Å²) in [4.78, 5) is 2.60. The maximum absolute atomic E-state index is 13.0. The van der Waals surface area contributed by atoms with Crippen LogP contribution in [-0.4, -0.2) is 0 Å². The number of halogens is 1. The van der Waals surface area contributed by atoms with Gasteiger partial charge in [0.15, 0.2) is 0 Å². The predicted octanol–water partition coefficient (Wildman–Crippen LogP) is 4.99. The fraction of sp³-hybridized carbons (Fsp3) is 0.286. The Kier molecular flexibility index (Phi) is 3.10. The third-order valence-electron chi connectivity index (χ3n) is 2.65. The maximum Gasteiger partial charge on any atom is 0.123 e. The zero-order valence-corrected chi connectivity index (χ0v) is 10.6. The largest absolute Gasteiger partial charge is 0.207 e.